The second-order valence-electron chi connectivity index (χ2n) is 6.61. The van der Waals surface area contributed by atoms with E-state index in [1.54, 1.807) is 31.2 Å². The largest absolute Gasteiger partial charge is 0.481 e. The number of ether oxygens (including phenoxy) is 1. The highest BCUT2D eigenvalue weighted by atomic mass is 16.5. The van der Waals surface area contributed by atoms with E-state index in [0.29, 0.717) is 24.5 Å². The molecule has 0 bridgehead atoms. The van der Waals surface area contributed by atoms with Gasteiger partial charge in [-0.15, -0.1) is 0 Å². The van der Waals surface area contributed by atoms with Crippen molar-refractivity contribution < 1.29 is 14.3 Å². The minimum atomic E-state index is -0.556. The van der Waals surface area contributed by atoms with E-state index in [-0.39, 0.29) is 11.8 Å². The molecule has 0 unspecified atom stereocenters. The van der Waals surface area contributed by atoms with Crippen LogP contribution in [0, 0.1) is 0 Å². The Bertz CT molecular complexity index is 769. The lowest BCUT2D eigenvalue weighted by Crippen LogP contribution is -2.52. The van der Waals surface area contributed by atoms with Gasteiger partial charge in [-0.05, 0) is 43.3 Å². The summed E-state index contributed by atoms with van der Waals surface area (Å²) in [4.78, 5) is 27.9. The van der Waals surface area contributed by atoms with Crippen LogP contribution in [0.1, 0.15) is 13.8 Å². The Hall–Kier alpha value is -3.02. The number of carbonyl (C=O) groups is 2. The number of amides is 2. The molecule has 0 spiro atoms. The Morgan fingerprint density at radius 2 is 1.59 bits per heavy atom. The number of rotatable bonds is 5. The van der Waals surface area contributed by atoms with E-state index in [4.69, 9.17) is 4.74 Å². The van der Waals surface area contributed by atoms with Crippen molar-refractivity contribution in [2.45, 2.75) is 20.0 Å². The molecule has 6 heteroatoms. The van der Waals surface area contributed by atoms with Crippen molar-refractivity contribution in [2.75, 3.05) is 36.4 Å². The fourth-order valence-corrected chi connectivity index (χ4v) is 3.16. The van der Waals surface area contributed by atoms with Crippen LogP contribution in [0.2, 0.25) is 0 Å². The van der Waals surface area contributed by atoms with E-state index >= 15 is 0 Å². The molecule has 6 nitrogen and oxygen atoms in total. The molecule has 0 aromatic heterocycles. The summed E-state index contributed by atoms with van der Waals surface area (Å²) in [5.74, 6) is 0.475. The SMILES string of the molecule is CC(=O)Nc1ccc(O[C@H](C)C(=O)N2CCN(c3ccccc3)CC2)cc1. The maximum absolute atomic E-state index is 12.7. The van der Waals surface area contributed by atoms with Crippen LogP contribution in [0.4, 0.5) is 11.4 Å². The predicted molar refractivity (Wildman–Crippen MR) is 106 cm³/mol. The Kier molecular flexibility index (Phi) is 5.96. The van der Waals surface area contributed by atoms with Crippen molar-refractivity contribution in [2.24, 2.45) is 0 Å². The summed E-state index contributed by atoms with van der Waals surface area (Å²) in [7, 11) is 0. The normalized spacial score (nSPS) is 15.2. The van der Waals surface area contributed by atoms with Gasteiger partial charge in [0.15, 0.2) is 6.10 Å². The van der Waals surface area contributed by atoms with Gasteiger partial charge in [0.05, 0.1) is 0 Å². The van der Waals surface area contributed by atoms with Crippen LogP contribution in [0.3, 0.4) is 0 Å². The fraction of sp³-hybridized carbons (Fsp3) is 0.333. The zero-order chi connectivity index (χ0) is 19.2. The first-order chi connectivity index (χ1) is 13.0. The number of hydrogen-bond donors (Lipinski definition) is 1. The lowest BCUT2D eigenvalue weighted by molar-refractivity contribution is -0.138. The number of nitrogens with one attached hydrogen (secondary N) is 1. The Morgan fingerprint density at radius 3 is 2.19 bits per heavy atom. The molecule has 1 atom stereocenters. The van der Waals surface area contributed by atoms with E-state index in [1.807, 2.05) is 23.1 Å². The van der Waals surface area contributed by atoms with Crippen LogP contribution in [0.15, 0.2) is 54.6 Å². The molecular weight excluding hydrogens is 342 g/mol. The lowest BCUT2D eigenvalue weighted by atomic mass is 10.2. The maximum Gasteiger partial charge on any atom is 0.263 e. The molecule has 1 heterocycles. The molecule has 1 aliphatic rings. The highest BCUT2D eigenvalue weighted by molar-refractivity contribution is 5.88. The third kappa shape index (κ3) is 5.00. The first-order valence-corrected chi connectivity index (χ1v) is 9.16. The third-order valence-electron chi connectivity index (χ3n) is 4.55. The average Bonchev–Trinajstić information content (AvgIpc) is 2.69. The minimum Gasteiger partial charge on any atom is -0.481 e. The van der Waals surface area contributed by atoms with Crippen molar-refractivity contribution in [1.29, 1.82) is 0 Å². The molecule has 0 saturated carbocycles. The molecule has 1 N–H and O–H groups in total. The predicted octanol–water partition coefficient (Wildman–Crippen LogP) is 2.76. The number of nitrogens with zero attached hydrogens (tertiary/aromatic N) is 2. The van der Waals surface area contributed by atoms with Crippen molar-refractivity contribution in [3.05, 3.63) is 54.6 Å². The standard InChI is InChI=1S/C21H25N3O3/c1-16(27-20-10-8-18(9-11-20)22-17(2)25)21(26)24-14-12-23(13-15-24)19-6-4-3-5-7-19/h3-11,16H,12-15H2,1-2H3,(H,22,25)/t16-/m1/s1. The van der Waals surface area contributed by atoms with Gasteiger partial charge in [0, 0.05) is 44.5 Å². The highest BCUT2D eigenvalue weighted by Crippen LogP contribution is 2.19. The Labute approximate surface area is 159 Å². The van der Waals surface area contributed by atoms with E-state index in [1.165, 1.54) is 12.6 Å². The van der Waals surface area contributed by atoms with Gasteiger partial charge in [0.25, 0.3) is 5.91 Å². The molecule has 1 fully saturated rings. The van der Waals surface area contributed by atoms with E-state index in [0.717, 1.165) is 13.1 Å². The molecule has 142 valence electrons. The lowest BCUT2D eigenvalue weighted by Gasteiger charge is -2.37. The second kappa shape index (κ2) is 8.58. The summed E-state index contributed by atoms with van der Waals surface area (Å²) in [5, 5.41) is 2.70. The van der Waals surface area contributed by atoms with Crippen molar-refractivity contribution in [1.82, 2.24) is 4.90 Å². The molecule has 2 amide bonds. The van der Waals surface area contributed by atoms with Gasteiger partial charge in [-0.1, -0.05) is 18.2 Å². The number of benzene rings is 2. The molecule has 1 saturated heterocycles. The number of para-hydroxylation sites is 1. The molecule has 27 heavy (non-hydrogen) atoms. The molecule has 2 aromatic rings. The summed E-state index contributed by atoms with van der Waals surface area (Å²) in [6.07, 6.45) is -0.556. The summed E-state index contributed by atoms with van der Waals surface area (Å²) in [5.41, 5.74) is 1.89. The first-order valence-electron chi connectivity index (χ1n) is 9.16. The van der Waals surface area contributed by atoms with Crippen LogP contribution >= 0.6 is 0 Å². The fourth-order valence-electron chi connectivity index (χ4n) is 3.16. The summed E-state index contributed by atoms with van der Waals surface area (Å²) in [6, 6.07) is 17.3. The highest BCUT2D eigenvalue weighted by Gasteiger charge is 2.26. The van der Waals surface area contributed by atoms with Crippen molar-refractivity contribution >= 4 is 23.2 Å². The third-order valence-corrected chi connectivity index (χ3v) is 4.55. The number of piperazine rings is 1. The minimum absolute atomic E-state index is 0.00588. The van der Waals surface area contributed by atoms with Gasteiger partial charge in [-0.25, -0.2) is 0 Å². The van der Waals surface area contributed by atoms with Gasteiger partial charge in [-0.3, -0.25) is 9.59 Å². The van der Waals surface area contributed by atoms with Crippen LogP contribution in [0.5, 0.6) is 5.75 Å². The van der Waals surface area contributed by atoms with Crippen molar-refractivity contribution in [3.63, 3.8) is 0 Å². The topological polar surface area (TPSA) is 61.9 Å². The number of carbonyl (C=O) groups excluding carboxylic acids is 2. The second-order valence-corrected chi connectivity index (χ2v) is 6.61. The van der Waals surface area contributed by atoms with Gasteiger partial charge >= 0.3 is 0 Å². The monoisotopic (exact) mass is 367 g/mol. The average molecular weight is 367 g/mol. The first kappa shape index (κ1) is 18.8. The van der Waals surface area contributed by atoms with Crippen LogP contribution < -0.4 is 15.0 Å². The van der Waals surface area contributed by atoms with Crippen LogP contribution in [0.25, 0.3) is 0 Å². The Morgan fingerprint density at radius 1 is 0.963 bits per heavy atom. The smallest absolute Gasteiger partial charge is 0.263 e. The number of hydrogen-bond acceptors (Lipinski definition) is 4. The molecule has 2 aromatic carbocycles. The molecule has 0 aliphatic carbocycles. The zero-order valence-corrected chi connectivity index (χ0v) is 15.7. The molecule has 3 rings (SSSR count). The number of anilines is 2. The molecular formula is C21H25N3O3. The van der Waals surface area contributed by atoms with E-state index in [9.17, 15) is 9.59 Å². The van der Waals surface area contributed by atoms with Gasteiger partial charge in [-0.2, -0.15) is 0 Å². The van der Waals surface area contributed by atoms with Gasteiger partial charge < -0.3 is 19.9 Å². The van der Waals surface area contributed by atoms with Gasteiger partial charge in [0.1, 0.15) is 5.75 Å². The molecule has 1 aliphatic heterocycles. The Balaban J connectivity index is 1.51. The van der Waals surface area contributed by atoms with E-state index in [2.05, 4.69) is 22.3 Å². The van der Waals surface area contributed by atoms with Crippen molar-refractivity contribution in [3.8, 4) is 5.75 Å². The summed E-state index contributed by atoms with van der Waals surface area (Å²) >= 11 is 0. The zero-order valence-electron chi connectivity index (χ0n) is 15.7. The van der Waals surface area contributed by atoms with Gasteiger partial charge in [0.2, 0.25) is 5.91 Å². The molecule has 0 radical (unpaired) electrons. The maximum atomic E-state index is 12.7. The van der Waals surface area contributed by atoms with Crippen LogP contribution in [-0.2, 0) is 9.59 Å². The van der Waals surface area contributed by atoms with Crippen LogP contribution in [-0.4, -0.2) is 49.0 Å². The summed E-state index contributed by atoms with van der Waals surface area (Å²) < 4.78 is 5.78. The van der Waals surface area contributed by atoms with E-state index < -0.39 is 6.10 Å². The summed E-state index contributed by atoms with van der Waals surface area (Å²) in [6.45, 7) is 6.23. The quantitative estimate of drug-likeness (QED) is 0.883.